The molecule has 2 aromatic carbocycles. The van der Waals surface area contributed by atoms with Gasteiger partial charge in [-0.3, -0.25) is 4.90 Å². The average Bonchev–Trinajstić information content (AvgIpc) is 3.11. The molecule has 0 aliphatic carbocycles. The highest BCUT2D eigenvalue weighted by atomic mass is 16.5. The van der Waals surface area contributed by atoms with Gasteiger partial charge in [0.25, 0.3) is 0 Å². The molecule has 8 heteroatoms. The summed E-state index contributed by atoms with van der Waals surface area (Å²) in [6.07, 6.45) is 5.36. The first-order valence-electron chi connectivity index (χ1n) is 11.8. The topological polar surface area (TPSA) is 66.8 Å². The van der Waals surface area contributed by atoms with E-state index in [0.29, 0.717) is 30.1 Å². The Labute approximate surface area is 200 Å². The summed E-state index contributed by atoms with van der Waals surface area (Å²) >= 11 is 0. The molecule has 0 N–H and O–H groups in total. The minimum atomic E-state index is -0.173. The van der Waals surface area contributed by atoms with E-state index in [0.717, 1.165) is 42.7 Å². The van der Waals surface area contributed by atoms with Gasteiger partial charge in [0.05, 0.1) is 38.7 Å². The molecule has 180 valence electrons. The van der Waals surface area contributed by atoms with Crippen LogP contribution in [0.15, 0.2) is 41.5 Å². The van der Waals surface area contributed by atoms with E-state index in [1.807, 2.05) is 31.2 Å². The number of methoxy groups -OCH3 is 2. The summed E-state index contributed by atoms with van der Waals surface area (Å²) in [5.74, 6) is 1.32. The van der Waals surface area contributed by atoms with Gasteiger partial charge in [0, 0.05) is 37.1 Å². The fourth-order valence-electron chi connectivity index (χ4n) is 5.09. The first-order chi connectivity index (χ1) is 16.5. The summed E-state index contributed by atoms with van der Waals surface area (Å²) in [7, 11) is 5.02. The fraction of sp³-hybridized carbons (Fsp3) is 0.462. The van der Waals surface area contributed by atoms with E-state index >= 15 is 0 Å². The quantitative estimate of drug-likeness (QED) is 0.687. The van der Waals surface area contributed by atoms with Crippen molar-refractivity contribution in [1.82, 2.24) is 5.01 Å². The van der Waals surface area contributed by atoms with Crippen molar-refractivity contribution in [3.8, 4) is 11.5 Å². The highest BCUT2D eigenvalue weighted by molar-refractivity contribution is 5.93. The number of amides is 2. The Kier molecular flexibility index (Phi) is 6.08. The van der Waals surface area contributed by atoms with Crippen LogP contribution in [0.25, 0.3) is 0 Å². The van der Waals surface area contributed by atoms with Gasteiger partial charge in [-0.15, -0.1) is 0 Å². The number of nitrogens with zero attached hydrogens (tertiary/aromatic N) is 4. The van der Waals surface area contributed by atoms with E-state index in [1.54, 1.807) is 37.4 Å². The number of carbonyl (C=O) groups is 1. The molecule has 0 spiro atoms. The molecule has 34 heavy (non-hydrogen) atoms. The number of ether oxygens (including phenoxy) is 3. The molecular formula is C26H32N4O4. The van der Waals surface area contributed by atoms with Gasteiger partial charge < -0.3 is 19.1 Å². The molecule has 8 nitrogen and oxygen atoms in total. The van der Waals surface area contributed by atoms with Crippen LogP contribution in [0.3, 0.4) is 0 Å². The van der Waals surface area contributed by atoms with Gasteiger partial charge in [-0.1, -0.05) is 0 Å². The SMILES string of the molecule is COc1cc2c(cc1OC)C[C@H](C)N(C(=O)N(C)c1ccc(N3CC4CCC(C3)O4)cc1)N=C2. The summed E-state index contributed by atoms with van der Waals surface area (Å²) in [4.78, 5) is 17.4. The van der Waals surface area contributed by atoms with Gasteiger partial charge in [-0.05, 0) is 68.1 Å². The van der Waals surface area contributed by atoms with Crippen molar-refractivity contribution in [2.45, 2.75) is 44.4 Å². The second kappa shape index (κ2) is 9.18. The van der Waals surface area contributed by atoms with Crippen molar-refractivity contribution >= 4 is 23.6 Å². The minimum Gasteiger partial charge on any atom is -0.493 e. The predicted octanol–water partition coefficient (Wildman–Crippen LogP) is 3.91. The molecule has 0 aromatic heterocycles. The maximum atomic E-state index is 13.4. The van der Waals surface area contributed by atoms with Crippen LogP contribution in [0.5, 0.6) is 11.5 Å². The van der Waals surface area contributed by atoms with Crippen molar-refractivity contribution in [2.75, 3.05) is 44.2 Å². The summed E-state index contributed by atoms with van der Waals surface area (Å²) in [6, 6.07) is 11.8. The second-order valence-electron chi connectivity index (χ2n) is 9.27. The zero-order valence-corrected chi connectivity index (χ0v) is 20.2. The first kappa shape index (κ1) is 22.5. The van der Waals surface area contributed by atoms with Gasteiger partial charge in [-0.2, -0.15) is 5.10 Å². The molecule has 3 heterocycles. The summed E-state index contributed by atoms with van der Waals surface area (Å²) in [5, 5.41) is 6.08. The Morgan fingerprint density at radius 1 is 1.06 bits per heavy atom. The number of morpholine rings is 1. The lowest BCUT2D eigenvalue weighted by Crippen LogP contribution is -2.43. The van der Waals surface area contributed by atoms with Crippen LogP contribution in [-0.4, -0.2) is 69.9 Å². The monoisotopic (exact) mass is 464 g/mol. The first-order valence-corrected chi connectivity index (χ1v) is 11.8. The Balaban J connectivity index is 1.31. The summed E-state index contributed by atoms with van der Waals surface area (Å²) < 4.78 is 16.8. The Morgan fingerprint density at radius 2 is 1.71 bits per heavy atom. The molecule has 2 bridgehead atoms. The molecular weight excluding hydrogens is 432 g/mol. The third-order valence-electron chi connectivity index (χ3n) is 7.03. The van der Waals surface area contributed by atoms with E-state index in [1.165, 1.54) is 5.69 Å². The number of hydrazone groups is 1. The zero-order chi connectivity index (χ0) is 23.8. The van der Waals surface area contributed by atoms with Gasteiger partial charge in [0.15, 0.2) is 11.5 Å². The van der Waals surface area contributed by atoms with Crippen LogP contribution >= 0.6 is 0 Å². The number of rotatable bonds is 4. The second-order valence-corrected chi connectivity index (χ2v) is 9.27. The highest BCUT2D eigenvalue weighted by Crippen LogP contribution is 2.33. The maximum Gasteiger partial charge on any atom is 0.344 e. The smallest absolute Gasteiger partial charge is 0.344 e. The zero-order valence-electron chi connectivity index (χ0n) is 20.2. The molecule has 2 aromatic rings. The van der Waals surface area contributed by atoms with E-state index in [2.05, 4.69) is 22.1 Å². The van der Waals surface area contributed by atoms with E-state index in [9.17, 15) is 4.79 Å². The molecule has 2 unspecified atom stereocenters. The number of carbonyl (C=O) groups excluding carboxylic acids is 1. The molecule has 2 amide bonds. The Morgan fingerprint density at radius 3 is 2.35 bits per heavy atom. The largest absolute Gasteiger partial charge is 0.493 e. The molecule has 2 fully saturated rings. The number of urea groups is 1. The highest BCUT2D eigenvalue weighted by Gasteiger charge is 2.34. The van der Waals surface area contributed by atoms with Crippen LogP contribution in [-0.2, 0) is 11.2 Å². The number of hydrogen-bond donors (Lipinski definition) is 0. The molecule has 5 rings (SSSR count). The molecule has 0 saturated carbocycles. The van der Waals surface area contributed by atoms with Gasteiger partial charge >= 0.3 is 6.03 Å². The van der Waals surface area contributed by atoms with E-state index in [4.69, 9.17) is 14.2 Å². The van der Waals surface area contributed by atoms with Crippen molar-refractivity contribution in [3.63, 3.8) is 0 Å². The van der Waals surface area contributed by atoms with Gasteiger partial charge in [0.1, 0.15) is 0 Å². The predicted molar refractivity (Wildman–Crippen MR) is 132 cm³/mol. The van der Waals surface area contributed by atoms with Crippen molar-refractivity contribution < 1.29 is 19.0 Å². The van der Waals surface area contributed by atoms with Crippen LogP contribution in [0.4, 0.5) is 16.2 Å². The molecule has 2 saturated heterocycles. The maximum absolute atomic E-state index is 13.4. The number of anilines is 2. The van der Waals surface area contributed by atoms with Crippen LogP contribution < -0.4 is 19.3 Å². The van der Waals surface area contributed by atoms with Crippen LogP contribution in [0, 0.1) is 0 Å². The Bertz CT molecular complexity index is 1070. The van der Waals surface area contributed by atoms with E-state index < -0.39 is 0 Å². The molecule has 3 aliphatic rings. The van der Waals surface area contributed by atoms with Crippen molar-refractivity contribution in [1.29, 1.82) is 0 Å². The minimum absolute atomic E-state index is 0.117. The molecule has 0 radical (unpaired) electrons. The summed E-state index contributed by atoms with van der Waals surface area (Å²) in [6.45, 7) is 3.87. The Hall–Kier alpha value is -3.26. The van der Waals surface area contributed by atoms with Crippen LogP contribution in [0.1, 0.15) is 30.9 Å². The van der Waals surface area contributed by atoms with Gasteiger partial charge in [0.2, 0.25) is 0 Å². The lowest BCUT2D eigenvalue weighted by molar-refractivity contribution is 0.0305. The lowest BCUT2D eigenvalue weighted by Gasteiger charge is -2.34. The van der Waals surface area contributed by atoms with Gasteiger partial charge in [-0.25, -0.2) is 9.80 Å². The molecule has 3 aliphatic heterocycles. The van der Waals surface area contributed by atoms with Crippen molar-refractivity contribution in [2.24, 2.45) is 5.10 Å². The number of fused-ring (bicyclic) bond motifs is 3. The molecule has 3 atom stereocenters. The third kappa shape index (κ3) is 4.18. The normalized spacial score (nSPS) is 23.4. The van der Waals surface area contributed by atoms with E-state index in [-0.39, 0.29) is 12.1 Å². The van der Waals surface area contributed by atoms with Crippen LogP contribution in [0.2, 0.25) is 0 Å². The van der Waals surface area contributed by atoms with Crippen molar-refractivity contribution in [3.05, 3.63) is 47.5 Å². The summed E-state index contributed by atoms with van der Waals surface area (Å²) in [5.41, 5.74) is 3.99. The average molecular weight is 465 g/mol. The lowest BCUT2D eigenvalue weighted by atomic mass is 10.0. The fourth-order valence-corrected chi connectivity index (χ4v) is 5.09. The third-order valence-corrected chi connectivity index (χ3v) is 7.03. The number of hydrogen-bond acceptors (Lipinski definition) is 6. The number of benzene rings is 2. The standard InChI is InChI=1S/C26H32N4O4/c1-17-11-18-12-24(32-3)25(33-4)13-19(18)14-27-30(17)26(31)28(2)20-5-7-21(8-6-20)29-15-22-9-10-23(16-29)34-22/h5-8,12-14,17,22-23H,9-11,15-16H2,1-4H3/t17-,22?,23?/m0/s1.